The molecule has 0 bridgehead atoms. The first kappa shape index (κ1) is 14.3. The Bertz CT molecular complexity index is 647. The molecule has 0 unspecified atom stereocenters. The number of ether oxygens (including phenoxy) is 2. The van der Waals surface area contributed by atoms with Crippen LogP contribution in [0.25, 0.3) is 0 Å². The van der Waals surface area contributed by atoms with Gasteiger partial charge in [0.2, 0.25) is 0 Å². The first-order valence-corrected chi connectivity index (χ1v) is 7.68. The number of alkyl halides is 2. The molecule has 0 radical (unpaired) electrons. The second kappa shape index (κ2) is 4.97. The highest BCUT2D eigenvalue weighted by molar-refractivity contribution is 7.90. The van der Waals surface area contributed by atoms with Crippen LogP contribution in [0.4, 0.5) is 14.5 Å². The highest BCUT2D eigenvalue weighted by atomic mass is 32.2. The van der Waals surface area contributed by atoms with Gasteiger partial charge in [-0.05, 0) is 12.1 Å². The van der Waals surface area contributed by atoms with Crippen molar-refractivity contribution < 1.29 is 26.7 Å². The van der Waals surface area contributed by atoms with Crippen molar-refractivity contribution in [3.63, 3.8) is 0 Å². The molecule has 0 spiro atoms. The molecule has 2 heterocycles. The molecular weight excluding hydrogens is 308 g/mol. The Balaban J connectivity index is 1.77. The van der Waals surface area contributed by atoms with Gasteiger partial charge in [0.25, 0.3) is 0 Å². The topological polar surface area (TPSA) is 79.9 Å². The van der Waals surface area contributed by atoms with E-state index in [0.717, 1.165) is 6.07 Å². The number of anilines is 1. The lowest BCUT2D eigenvalue weighted by molar-refractivity contribution is -0.286. The summed E-state index contributed by atoms with van der Waals surface area (Å²) in [5.74, 6) is -0.342. The average Bonchev–Trinajstić information content (AvgIpc) is 2.72. The molecule has 2 N–H and O–H groups in total. The lowest BCUT2D eigenvalue weighted by Crippen LogP contribution is -2.48. The molecule has 2 aliphatic rings. The fraction of sp³-hybridized carbons (Fsp3) is 0.455. The van der Waals surface area contributed by atoms with Crippen LogP contribution in [0.5, 0.6) is 11.5 Å². The monoisotopic (exact) mass is 321 g/mol. The number of rotatable bonds is 3. The van der Waals surface area contributed by atoms with Crippen LogP contribution in [0.2, 0.25) is 0 Å². The Hall–Kier alpha value is -1.65. The summed E-state index contributed by atoms with van der Waals surface area (Å²) < 4.78 is 62.2. The van der Waals surface area contributed by atoms with Gasteiger partial charge in [0, 0.05) is 32.2 Å². The first-order chi connectivity index (χ1) is 9.86. The summed E-state index contributed by atoms with van der Waals surface area (Å²) >= 11 is 0. The van der Waals surface area contributed by atoms with Gasteiger partial charge in [0.15, 0.2) is 11.5 Å². The van der Waals surface area contributed by atoms with Crippen LogP contribution in [0.1, 0.15) is 0 Å². The van der Waals surface area contributed by atoms with Crippen LogP contribution < -0.4 is 19.5 Å². The summed E-state index contributed by atoms with van der Waals surface area (Å²) in [6, 6.07) is 3.73. The van der Waals surface area contributed by atoms with Crippen molar-refractivity contribution in [3.8, 4) is 11.5 Å². The first-order valence-electron chi connectivity index (χ1n) is 6.24. The van der Waals surface area contributed by atoms with Crippen molar-refractivity contribution in [2.45, 2.75) is 6.29 Å². The van der Waals surface area contributed by atoms with Gasteiger partial charge in [-0.15, -0.1) is 8.78 Å². The molecule has 7 nitrogen and oxygen atoms in total. The Labute approximate surface area is 120 Å². The van der Waals surface area contributed by atoms with E-state index in [1.54, 1.807) is 0 Å². The molecule has 10 heteroatoms. The van der Waals surface area contributed by atoms with E-state index in [1.807, 2.05) is 0 Å². The Morgan fingerprint density at radius 3 is 2.57 bits per heavy atom. The quantitative estimate of drug-likeness (QED) is 0.851. The smallest absolute Gasteiger partial charge is 0.395 e. The number of hydrogen-bond acceptors (Lipinski definition) is 5. The molecule has 116 valence electrons. The highest BCUT2D eigenvalue weighted by Gasteiger charge is 2.43. The Morgan fingerprint density at radius 2 is 1.86 bits per heavy atom. The molecule has 3 rings (SSSR count). The normalized spacial score (nSPS) is 21.2. The van der Waals surface area contributed by atoms with Crippen molar-refractivity contribution in [2.24, 2.45) is 0 Å². The van der Waals surface area contributed by atoms with E-state index in [0.29, 0.717) is 26.2 Å². The number of hydrogen-bond donors (Lipinski definition) is 2. The predicted octanol–water partition coefficient (Wildman–Crippen LogP) is 0.570. The minimum atomic E-state index is -3.72. The van der Waals surface area contributed by atoms with E-state index in [4.69, 9.17) is 0 Å². The van der Waals surface area contributed by atoms with E-state index in [9.17, 15) is 17.2 Å². The molecular formula is C11H13F2N3O4S. The molecule has 1 aromatic carbocycles. The number of nitrogens with zero attached hydrogens (tertiary/aromatic N) is 1. The van der Waals surface area contributed by atoms with Gasteiger partial charge in [-0.25, -0.2) is 0 Å². The van der Waals surface area contributed by atoms with Gasteiger partial charge in [0.05, 0.1) is 5.69 Å². The highest BCUT2D eigenvalue weighted by Crippen LogP contribution is 2.42. The lowest BCUT2D eigenvalue weighted by Gasteiger charge is -2.26. The molecule has 21 heavy (non-hydrogen) atoms. The van der Waals surface area contributed by atoms with Gasteiger partial charge in [0.1, 0.15) is 0 Å². The minimum Gasteiger partial charge on any atom is -0.395 e. The third-order valence-electron chi connectivity index (χ3n) is 3.06. The molecule has 0 amide bonds. The zero-order valence-electron chi connectivity index (χ0n) is 10.8. The van der Waals surface area contributed by atoms with Gasteiger partial charge >= 0.3 is 16.5 Å². The SMILES string of the molecule is O=S(=O)(Nc1ccc2c(c1)OC(F)(F)O2)N1CCNCC1. The van der Waals surface area contributed by atoms with Crippen LogP contribution >= 0.6 is 0 Å². The van der Waals surface area contributed by atoms with E-state index in [2.05, 4.69) is 19.5 Å². The second-order valence-corrected chi connectivity index (χ2v) is 6.26. The number of fused-ring (bicyclic) bond motifs is 1. The van der Waals surface area contributed by atoms with Crippen LogP contribution in [-0.2, 0) is 10.2 Å². The van der Waals surface area contributed by atoms with E-state index < -0.39 is 16.5 Å². The summed E-state index contributed by atoms with van der Waals surface area (Å²) in [5, 5.41) is 3.04. The number of piperazine rings is 1. The van der Waals surface area contributed by atoms with Gasteiger partial charge < -0.3 is 14.8 Å². The van der Waals surface area contributed by atoms with E-state index >= 15 is 0 Å². The van der Waals surface area contributed by atoms with Crippen molar-refractivity contribution in [1.29, 1.82) is 0 Å². The molecule has 2 aliphatic heterocycles. The van der Waals surface area contributed by atoms with Gasteiger partial charge in [-0.1, -0.05) is 0 Å². The van der Waals surface area contributed by atoms with Crippen molar-refractivity contribution >= 4 is 15.9 Å². The fourth-order valence-corrected chi connectivity index (χ4v) is 3.33. The summed E-state index contributed by atoms with van der Waals surface area (Å²) in [7, 11) is -3.72. The van der Waals surface area contributed by atoms with Crippen LogP contribution in [0.3, 0.4) is 0 Å². The average molecular weight is 321 g/mol. The molecule has 0 saturated carbocycles. The largest absolute Gasteiger partial charge is 0.586 e. The number of nitrogens with one attached hydrogen (secondary N) is 2. The van der Waals surface area contributed by atoms with Gasteiger partial charge in [-0.3, -0.25) is 4.72 Å². The Morgan fingerprint density at radius 1 is 1.19 bits per heavy atom. The van der Waals surface area contributed by atoms with Crippen LogP contribution in [0, 0.1) is 0 Å². The third-order valence-corrected chi connectivity index (χ3v) is 4.60. The van der Waals surface area contributed by atoms with Crippen LogP contribution in [0.15, 0.2) is 18.2 Å². The molecule has 1 saturated heterocycles. The van der Waals surface area contributed by atoms with Crippen molar-refractivity contribution in [2.75, 3.05) is 30.9 Å². The van der Waals surface area contributed by atoms with Gasteiger partial charge in [-0.2, -0.15) is 12.7 Å². The number of benzene rings is 1. The third kappa shape index (κ3) is 3.01. The molecule has 1 aromatic rings. The van der Waals surface area contributed by atoms with Crippen molar-refractivity contribution in [1.82, 2.24) is 9.62 Å². The summed E-state index contributed by atoms with van der Waals surface area (Å²) in [6.07, 6.45) is -3.72. The maximum absolute atomic E-state index is 12.9. The van der Waals surface area contributed by atoms with E-state index in [-0.39, 0.29) is 17.2 Å². The molecule has 0 atom stereocenters. The molecule has 1 fully saturated rings. The molecule has 0 aliphatic carbocycles. The standard InChI is InChI=1S/C11H13F2N3O4S/c12-11(13)19-9-2-1-8(7-10(9)20-11)15-21(17,18)16-5-3-14-4-6-16/h1-2,7,14-15H,3-6H2. The predicted molar refractivity (Wildman–Crippen MR) is 69.6 cm³/mol. The van der Waals surface area contributed by atoms with Crippen molar-refractivity contribution in [3.05, 3.63) is 18.2 Å². The summed E-state index contributed by atoms with van der Waals surface area (Å²) in [5.41, 5.74) is 0.133. The summed E-state index contributed by atoms with van der Waals surface area (Å²) in [6.45, 7) is 1.82. The second-order valence-electron chi connectivity index (χ2n) is 4.59. The van der Waals surface area contributed by atoms with Crippen LogP contribution in [-0.4, -0.2) is 45.2 Å². The Kier molecular flexibility index (Phi) is 3.38. The number of halogens is 2. The zero-order chi connectivity index (χ0) is 15.1. The van der Waals surface area contributed by atoms with E-state index in [1.165, 1.54) is 16.4 Å². The fourth-order valence-electron chi connectivity index (χ4n) is 2.11. The molecule has 0 aromatic heterocycles. The minimum absolute atomic E-state index is 0.133. The summed E-state index contributed by atoms with van der Waals surface area (Å²) in [4.78, 5) is 0. The lowest BCUT2D eigenvalue weighted by atomic mass is 10.3. The zero-order valence-corrected chi connectivity index (χ0v) is 11.6. The maximum Gasteiger partial charge on any atom is 0.586 e. The maximum atomic E-state index is 12.9.